The molecule has 2 amide bonds. The number of nitrogens with one attached hydrogen (secondary N) is 1. The van der Waals surface area contributed by atoms with E-state index in [0.717, 1.165) is 38.6 Å². The maximum absolute atomic E-state index is 12.0. The largest absolute Gasteiger partial charge is 0.507 e. The molecule has 0 bridgehead atoms. The standard InChI is InChI=1S/C15H12N2O4.C14H13NO4.2C14H15NO4.C11H11NO4.CH3.W/c1-7-6-8-2-4-10-12(14(8)20-7)13(17-21-10)9-3-5-11(18)16-15(9)19;1-3-17-12(16)7-10-13-11(19-15-10)5-4-9-6-8(2)18-14(9)13;1-3-8-18-11-6-5-7-12-14(11)10(15-19-12)9-13(16)17-4-2;1-3-5-9-6-7-11-13(14(9)17)10(15-19-11)8-12(16)18-4-2;1-2-15-10(14)6-7-11-8(13)4-3-5-9(11)16-12-7;;/h2,4,6,9H,3,5H2,1H3,(H,16,18,19);4-6H,3,7H2,1-2H3;3,5-7H,1,4,8-9H2,2H3;3,6-7,17H,1,4-5,8H2,2H3;3-5,13H,2,6H2,1H3;1H3;/q;;;;;-1;. The number of aromatic hydroxyl groups is 2. The fraction of sp³-hybridized carbons (Fsp3) is 0.275. The number of rotatable bonds is 18. The molecule has 502 valence electrons. The predicted octanol–water partition coefficient (Wildman–Crippen LogP) is 12.3. The van der Waals surface area contributed by atoms with E-state index in [1.807, 2.05) is 50.2 Å². The van der Waals surface area contributed by atoms with Crippen molar-refractivity contribution in [1.29, 1.82) is 0 Å². The fourth-order valence-corrected chi connectivity index (χ4v) is 10.2. The number of esters is 4. The Kier molecular flexibility index (Phi) is 25.5. The van der Waals surface area contributed by atoms with E-state index in [1.54, 1.807) is 82.3 Å². The van der Waals surface area contributed by atoms with Crippen LogP contribution in [-0.2, 0) is 101 Å². The molecule has 0 saturated carbocycles. The third-order valence-corrected chi connectivity index (χ3v) is 14.2. The summed E-state index contributed by atoms with van der Waals surface area (Å²) in [5.74, 6) is -0.154. The number of benzene rings is 5. The van der Waals surface area contributed by atoms with Gasteiger partial charge in [0.1, 0.15) is 75.0 Å². The number of nitrogens with zero attached hydrogens (tertiary/aromatic N) is 5. The first kappa shape index (κ1) is 72.5. The molecule has 8 heterocycles. The zero-order chi connectivity index (χ0) is 67.0. The summed E-state index contributed by atoms with van der Waals surface area (Å²) in [6.07, 6.45) is 4.74. The Balaban J connectivity index is 0.000000169. The van der Waals surface area contributed by atoms with Crippen LogP contribution in [0.4, 0.5) is 0 Å². The van der Waals surface area contributed by atoms with Crippen molar-refractivity contribution in [2.75, 3.05) is 33.0 Å². The summed E-state index contributed by atoms with van der Waals surface area (Å²) in [5.41, 5.74) is 7.17. The number of phenols is 2. The van der Waals surface area contributed by atoms with Gasteiger partial charge in [-0.2, -0.15) is 0 Å². The van der Waals surface area contributed by atoms with Gasteiger partial charge in [0.25, 0.3) is 0 Å². The molecule has 3 N–H and O–H groups in total. The molecule has 1 saturated heterocycles. The van der Waals surface area contributed by atoms with Gasteiger partial charge in [0, 0.05) is 38.3 Å². The molecule has 1 aliphatic heterocycles. The van der Waals surface area contributed by atoms with Gasteiger partial charge in [0.2, 0.25) is 11.8 Å². The zero-order valence-corrected chi connectivity index (χ0v) is 56.5. The van der Waals surface area contributed by atoms with Crippen molar-refractivity contribution < 1.29 is 115 Å². The van der Waals surface area contributed by atoms with E-state index in [4.69, 9.17) is 55.1 Å². The summed E-state index contributed by atoms with van der Waals surface area (Å²) in [6.45, 7) is 19.7. The molecular weight excluding hydrogens is 1420 g/mol. The number of phenolic OH excluding ortho intramolecular Hbond substituents is 2. The van der Waals surface area contributed by atoms with E-state index >= 15 is 0 Å². The van der Waals surface area contributed by atoms with Gasteiger partial charge in [-0.15, -0.1) is 6.58 Å². The van der Waals surface area contributed by atoms with E-state index < -0.39 is 11.9 Å². The number of fused-ring (bicyclic) bond motifs is 9. The van der Waals surface area contributed by atoms with Crippen molar-refractivity contribution in [3.63, 3.8) is 0 Å². The van der Waals surface area contributed by atoms with E-state index in [9.17, 15) is 39.0 Å². The molecule has 1 atom stereocenters. The van der Waals surface area contributed by atoms with Gasteiger partial charge >= 0.3 is 23.9 Å². The Hall–Kier alpha value is -10.9. The maximum Gasteiger partial charge on any atom is 0.312 e. The number of aromatic nitrogens is 5. The monoisotopic (exact) mass is 1490 g/mol. The molecule has 0 radical (unpaired) electrons. The minimum atomic E-state index is -0.486. The number of amides is 2. The van der Waals surface area contributed by atoms with E-state index in [1.165, 1.54) is 6.07 Å². The summed E-state index contributed by atoms with van der Waals surface area (Å²) in [7, 11) is 0. The molecule has 0 spiro atoms. The molecule has 13 rings (SSSR count). The molecule has 96 heavy (non-hydrogen) atoms. The number of ether oxygens (including phenoxy) is 5. The molecule has 1 unspecified atom stereocenters. The first-order valence-electron chi connectivity index (χ1n) is 29.9. The van der Waals surface area contributed by atoms with Gasteiger partial charge in [-0.25, -0.2) is 0 Å². The number of hydrogen-bond acceptors (Lipinski definition) is 25. The normalized spacial score (nSPS) is 12.4. The van der Waals surface area contributed by atoms with Crippen LogP contribution < -0.4 is 10.1 Å². The Labute approximate surface area is 562 Å². The van der Waals surface area contributed by atoms with Gasteiger partial charge < -0.3 is 72.8 Å². The van der Waals surface area contributed by atoms with Crippen molar-refractivity contribution in [2.45, 2.75) is 92.4 Å². The molecule has 26 nitrogen and oxygen atoms in total. The predicted molar refractivity (Wildman–Crippen MR) is 345 cm³/mol. The third kappa shape index (κ3) is 17.1. The van der Waals surface area contributed by atoms with Crippen molar-refractivity contribution in [2.24, 2.45) is 0 Å². The van der Waals surface area contributed by atoms with Crippen LogP contribution >= 0.6 is 0 Å². The smallest absolute Gasteiger partial charge is 0.312 e. The van der Waals surface area contributed by atoms with Gasteiger partial charge in [0.15, 0.2) is 27.9 Å². The molecule has 1 aliphatic rings. The van der Waals surface area contributed by atoms with Crippen LogP contribution in [0, 0.1) is 21.3 Å². The Morgan fingerprint density at radius 2 is 1.00 bits per heavy atom. The number of carbonyl (C=O) groups excluding carboxylic acids is 6. The topological polar surface area (TPSA) is 357 Å². The first-order chi connectivity index (χ1) is 45.5. The van der Waals surface area contributed by atoms with Gasteiger partial charge in [-0.1, -0.05) is 62.7 Å². The SMILES string of the molecule is C=CCOc1cccc2onc(CC(=O)OCC)c12.C=CCc1ccc2onc(CC(=O)OCC)c2c1O.CCOC(=O)Cc1noc2ccc3cc(C)oc3c12.CCOC(=O)Cc1noc2cccc(O)c12.Cc1cc2ccc3onc(C4CCC(=O)NC4=O)c3c2o1.[CH3-].[W]. The summed E-state index contributed by atoms with van der Waals surface area (Å²) < 4.78 is 62.3. The number of imide groups is 1. The van der Waals surface area contributed by atoms with Gasteiger partial charge in [0.05, 0.1) is 85.0 Å². The minimum Gasteiger partial charge on any atom is -0.507 e. The van der Waals surface area contributed by atoms with Crippen LogP contribution in [0.2, 0.25) is 0 Å². The molecule has 27 heteroatoms. The average molecular weight is 1490 g/mol. The van der Waals surface area contributed by atoms with Crippen LogP contribution in [0.15, 0.2) is 142 Å². The number of allylic oxidation sites excluding steroid dienone is 1. The molecule has 0 aliphatic carbocycles. The van der Waals surface area contributed by atoms with Crippen molar-refractivity contribution in [3.05, 3.63) is 163 Å². The summed E-state index contributed by atoms with van der Waals surface area (Å²) in [5, 5.41) is 46.6. The Morgan fingerprint density at radius 1 is 0.562 bits per heavy atom. The average Bonchev–Trinajstić information content (AvgIpc) is 1.61. The summed E-state index contributed by atoms with van der Waals surface area (Å²) in [4.78, 5) is 69.2. The molecule has 5 aromatic carbocycles. The van der Waals surface area contributed by atoms with Crippen LogP contribution in [0.25, 0.3) is 76.8 Å². The van der Waals surface area contributed by atoms with Crippen LogP contribution in [0.5, 0.6) is 17.2 Å². The number of aryl methyl sites for hydroxylation is 2. The molecular formula is C69H69N6O20W-. The van der Waals surface area contributed by atoms with Crippen molar-refractivity contribution >= 4 is 112 Å². The quantitative estimate of drug-likeness (QED) is 0.0236. The summed E-state index contributed by atoms with van der Waals surface area (Å²) >= 11 is 0. The van der Waals surface area contributed by atoms with Crippen LogP contribution in [0.1, 0.15) is 92.0 Å². The Morgan fingerprint density at radius 3 is 1.51 bits per heavy atom. The summed E-state index contributed by atoms with van der Waals surface area (Å²) in [6, 6.07) is 25.0. The van der Waals surface area contributed by atoms with E-state index in [0.29, 0.717) is 142 Å². The fourth-order valence-electron chi connectivity index (χ4n) is 10.2. The second-order valence-electron chi connectivity index (χ2n) is 20.8. The second-order valence-corrected chi connectivity index (χ2v) is 20.8. The second kappa shape index (κ2) is 33.8. The van der Waals surface area contributed by atoms with Crippen molar-refractivity contribution in [1.82, 2.24) is 31.1 Å². The van der Waals surface area contributed by atoms with E-state index in [2.05, 4.69) is 44.3 Å². The minimum absolute atomic E-state index is 0. The third-order valence-electron chi connectivity index (χ3n) is 14.2. The number of hydrogen-bond donors (Lipinski definition) is 3. The Bertz CT molecular complexity index is 4730. The molecule has 12 aromatic rings. The molecule has 1 fully saturated rings. The molecule has 7 aromatic heterocycles. The van der Waals surface area contributed by atoms with Gasteiger partial charge in [-0.05, 0) is 127 Å². The maximum atomic E-state index is 12.0. The number of piperidine rings is 1. The zero-order valence-electron chi connectivity index (χ0n) is 53.6. The van der Waals surface area contributed by atoms with Crippen LogP contribution in [0.3, 0.4) is 0 Å². The van der Waals surface area contributed by atoms with E-state index in [-0.39, 0.29) is 95.4 Å². The van der Waals surface area contributed by atoms with Crippen LogP contribution in [-0.4, -0.2) is 105 Å². The number of carbonyl (C=O) groups is 6. The number of furan rings is 2. The van der Waals surface area contributed by atoms with Gasteiger partial charge in [-0.3, -0.25) is 34.1 Å². The first-order valence-corrected chi connectivity index (χ1v) is 29.9. The van der Waals surface area contributed by atoms with Crippen molar-refractivity contribution in [3.8, 4) is 17.2 Å².